The van der Waals surface area contributed by atoms with Crippen molar-refractivity contribution in [2.24, 2.45) is 0 Å². The molecule has 0 bridgehead atoms. The summed E-state index contributed by atoms with van der Waals surface area (Å²) >= 11 is 6.21. The highest BCUT2D eigenvalue weighted by Gasteiger charge is 2.29. The number of carbonyl (C=O) groups is 1. The maximum atomic E-state index is 13.6. The van der Waals surface area contributed by atoms with E-state index in [1.807, 2.05) is 48.5 Å². The molecular formula is C27H29ClN2O4S. The van der Waals surface area contributed by atoms with Gasteiger partial charge in [0.1, 0.15) is 5.75 Å². The summed E-state index contributed by atoms with van der Waals surface area (Å²) in [5, 5.41) is 3.26. The highest BCUT2D eigenvalue weighted by molar-refractivity contribution is 7.89. The first-order valence-corrected chi connectivity index (χ1v) is 13.4. The minimum Gasteiger partial charge on any atom is -0.495 e. The zero-order valence-electron chi connectivity index (χ0n) is 19.6. The number of nitrogens with zero attached hydrogens (tertiary/aromatic N) is 1. The van der Waals surface area contributed by atoms with Crippen LogP contribution in [-0.2, 0) is 27.7 Å². The van der Waals surface area contributed by atoms with Crippen molar-refractivity contribution in [3.63, 3.8) is 0 Å². The fourth-order valence-corrected chi connectivity index (χ4v) is 6.19. The number of benzene rings is 3. The lowest BCUT2D eigenvalue weighted by atomic mass is 9.88. The first-order valence-electron chi connectivity index (χ1n) is 11.6. The summed E-state index contributed by atoms with van der Waals surface area (Å²) in [7, 11) is -2.52. The first kappa shape index (κ1) is 25.2. The molecule has 6 nitrogen and oxygen atoms in total. The van der Waals surface area contributed by atoms with Gasteiger partial charge in [-0.15, -0.1) is 0 Å². The van der Waals surface area contributed by atoms with Crippen LogP contribution in [0, 0.1) is 0 Å². The minimum absolute atomic E-state index is 0.0205. The van der Waals surface area contributed by atoms with E-state index in [-0.39, 0.29) is 35.0 Å². The van der Waals surface area contributed by atoms with E-state index < -0.39 is 10.0 Å². The van der Waals surface area contributed by atoms with E-state index in [4.69, 9.17) is 16.3 Å². The summed E-state index contributed by atoms with van der Waals surface area (Å²) < 4.78 is 33.5. The number of hydrogen-bond donors (Lipinski definition) is 1. The second kappa shape index (κ2) is 11.2. The predicted molar refractivity (Wildman–Crippen MR) is 137 cm³/mol. The van der Waals surface area contributed by atoms with Gasteiger partial charge in [-0.2, -0.15) is 4.31 Å². The molecule has 0 spiro atoms. The number of sulfonamides is 1. The molecule has 1 atom stereocenters. The monoisotopic (exact) mass is 512 g/mol. The smallest absolute Gasteiger partial charge is 0.243 e. The Kier molecular flexibility index (Phi) is 8.11. The van der Waals surface area contributed by atoms with Crippen LogP contribution in [0.4, 0.5) is 0 Å². The number of carbonyl (C=O) groups excluding carboxylic acids is 1. The van der Waals surface area contributed by atoms with Gasteiger partial charge >= 0.3 is 0 Å². The third kappa shape index (κ3) is 6.04. The molecule has 4 rings (SSSR count). The van der Waals surface area contributed by atoms with E-state index in [1.165, 1.54) is 35.2 Å². The summed E-state index contributed by atoms with van der Waals surface area (Å²) in [6.45, 7) is -0.123. The average Bonchev–Trinajstić information content (AvgIpc) is 2.87. The highest BCUT2D eigenvalue weighted by atomic mass is 35.5. The predicted octanol–water partition coefficient (Wildman–Crippen LogP) is 4.78. The molecule has 1 unspecified atom stereocenters. The lowest BCUT2D eigenvalue weighted by molar-refractivity contribution is -0.122. The van der Waals surface area contributed by atoms with Crippen LogP contribution in [0.25, 0.3) is 0 Å². The van der Waals surface area contributed by atoms with E-state index in [9.17, 15) is 13.2 Å². The van der Waals surface area contributed by atoms with Gasteiger partial charge in [0, 0.05) is 6.54 Å². The molecule has 35 heavy (non-hydrogen) atoms. The molecule has 8 heteroatoms. The number of aryl methyl sites for hydroxylation is 1. The van der Waals surface area contributed by atoms with Crippen molar-refractivity contribution < 1.29 is 17.9 Å². The Hall–Kier alpha value is -2.87. The fraction of sp³-hybridized carbons (Fsp3) is 0.296. The molecular weight excluding hydrogens is 484 g/mol. The van der Waals surface area contributed by atoms with Gasteiger partial charge in [-0.05, 0) is 60.6 Å². The molecule has 0 saturated heterocycles. The minimum atomic E-state index is -3.98. The second-order valence-electron chi connectivity index (χ2n) is 8.58. The number of hydrogen-bond acceptors (Lipinski definition) is 4. The van der Waals surface area contributed by atoms with Crippen LogP contribution in [0.15, 0.2) is 77.7 Å². The molecule has 0 radical (unpaired) electrons. The Balaban J connectivity index is 1.55. The van der Waals surface area contributed by atoms with Gasteiger partial charge in [-0.25, -0.2) is 8.42 Å². The van der Waals surface area contributed by atoms with Crippen LogP contribution in [0.1, 0.15) is 35.6 Å². The maximum absolute atomic E-state index is 13.6. The summed E-state index contributed by atoms with van der Waals surface area (Å²) in [6, 6.07) is 21.9. The van der Waals surface area contributed by atoms with Crippen molar-refractivity contribution in [3.05, 3.63) is 94.5 Å². The van der Waals surface area contributed by atoms with E-state index in [0.29, 0.717) is 12.2 Å². The largest absolute Gasteiger partial charge is 0.495 e. The van der Waals surface area contributed by atoms with Gasteiger partial charge in [-0.1, -0.05) is 66.2 Å². The van der Waals surface area contributed by atoms with Crippen LogP contribution >= 0.6 is 11.6 Å². The molecule has 3 aromatic rings. The lowest BCUT2D eigenvalue weighted by Gasteiger charge is -2.28. The normalized spacial score (nSPS) is 15.5. The van der Waals surface area contributed by atoms with Gasteiger partial charge in [0.2, 0.25) is 15.9 Å². The molecule has 0 heterocycles. The quantitative estimate of drug-likeness (QED) is 0.448. The van der Waals surface area contributed by atoms with Crippen molar-refractivity contribution in [2.75, 3.05) is 20.2 Å². The second-order valence-corrected chi connectivity index (χ2v) is 10.9. The fourth-order valence-electron chi connectivity index (χ4n) is 4.44. The summed E-state index contributed by atoms with van der Waals surface area (Å²) in [4.78, 5) is 13.1. The number of fused-ring (bicyclic) bond motifs is 1. The summed E-state index contributed by atoms with van der Waals surface area (Å²) in [5.41, 5.74) is 3.32. The zero-order chi connectivity index (χ0) is 24.8. The van der Waals surface area contributed by atoms with Gasteiger partial charge < -0.3 is 10.1 Å². The molecule has 0 fully saturated rings. The number of halogens is 1. The summed E-state index contributed by atoms with van der Waals surface area (Å²) in [6.07, 6.45) is 3.26. The van der Waals surface area contributed by atoms with Crippen molar-refractivity contribution >= 4 is 27.5 Å². The molecule has 1 N–H and O–H groups in total. The molecule has 0 aliphatic heterocycles. The molecule has 1 aliphatic rings. The number of rotatable bonds is 9. The number of methoxy groups -OCH3 is 1. The van der Waals surface area contributed by atoms with Gasteiger partial charge in [0.05, 0.1) is 29.6 Å². The van der Waals surface area contributed by atoms with Crippen molar-refractivity contribution in [2.45, 2.75) is 36.6 Å². The number of ether oxygens (including phenoxy) is 1. The Morgan fingerprint density at radius 3 is 2.57 bits per heavy atom. The molecule has 0 aromatic heterocycles. The van der Waals surface area contributed by atoms with Gasteiger partial charge in [0.25, 0.3) is 0 Å². The van der Waals surface area contributed by atoms with E-state index in [2.05, 4.69) is 11.4 Å². The van der Waals surface area contributed by atoms with Crippen LogP contribution in [0.3, 0.4) is 0 Å². The van der Waals surface area contributed by atoms with Crippen molar-refractivity contribution in [1.29, 1.82) is 0 Å². The van der Waals surface area contributed by atoms with Crippen LogP contribution in [0.2, 0.25) is 5.02 Å². The molecule has 184 valence electrons. The van der Waals surface area contributed by atoms with Crippen LogP contribution < -0.4 is 10.1 Å². The topological polar surface area (TPSA) is 75.7 Å². The van der Waals surface area contributed by atoms with Crippen LogP contribution in [0.5, 0.6) is 5.75 Å². The van der Waals surface area contributed by atoms with Crippen molar-refractivity contribution in [1.82, 2.24) is 9.62 Å². The molecule has 1 aliphatic carbocycles. The van der Waals surface area contributed by atoms with Crippen LogP contribution in [-0.4, -0.2) is 38.8 Å². The Labute approximate surface area is 211 Å². The number of amides is 1. The Morgan fingerprint density at radius 1 is 1.09 bits per heavy atom. The Bertz CT molecular complexity index is 1280. The zero-order valence-corrected chi connectivity index (χ0v) is 21.2. The first-order chi connectivity index (χ1) is 16.9. The third-order valence-corrected chi connectivity index (χ3v) is 8.41. The maximum Gasteiger partial charge on any atom is 0.243 e. The lowest BCUT2D eigenvalue weighted by Crippen LogP contribution is -2.43. The van der Waals surface area contributed by atoms with E-state index in [1.54, 1.807) is 0 Å². The molecule has 0 saturated carbocycles. The SMILES string of the molecule is COc1ccc(S(=O)(=O)N(CCc2ccccc2)CC(=O)NC2CCCc3ccccc32)cc1Cl. The standard InChI is InChI=1S/C27H29ClN2O4S/c1-34-26-15-14-22(18-24(26)28)35(32,33)30(17-16-20-8-3-2-4-9-20)19-27(31)29-25-13-7-11-21-10-5-6-12-23(21)25/h2-6,8-10,12,14-15,18,25H,7,11,13,16-17,19H2,1H3,(H,29,31). The van der Waals surface area contributed by atoms with Gasteiger partial charge in [0.15, 0.2) is 0 Å². The average molecular weight is 513 g/mol. The highest BCUT2D eigenvalue weighted by Crippen LogP contribution is 2.30. The molecule has 3 aromatic carbocycles. The van der Waals surface area contributed by atoms with E-state index in [0.717, 1.165) is 30.4 Å². The van der Waals surface area contributed by atoms with Gasteiger partial charge in [-0.3, -0.25) is 4.79 Å². The summed E-state index contributed by atoms with van der Waals surface area (Å²) in [5.74, 6) is 0.0538. The molecule has 1 amide bonds. The Morgan fingerprint density at radius 2 is 1.83 bits per heavy atom. The number of nitrogens with one attached hydrogen (secondary N) is 1. The third-order valence-electron chi connectivity index (χ3n) is 6.28. The van der Waals surface area contributed by atoms with Crippen molar-refractivity contribution in [3.8, 4) is 5.75 Å². The van der Waals surface area contributed by atoms with E-state index >= 15 is 0 Å².